The van der Waals surface area contributed by atoms with Crippen molar-refractivity contribution in [3.8, 4) is 21.8 Å². The Labute approximate surface area is 195 Å². The van der Waals surface area contributed by atoms with Crippen molar-refractivity contribution in [2.75, 3.05) is 13.1 Å². The maximum Gasteiger partial charge on any atom is 0.306 e. The number of hydrogen-bond acceptors (Lipinski definition) is 5. The zero-order chi connectivity index (χ0) is 23.8. The van der Waals surface area contributed by atoms with Crippen molar-refractivity contribution >= 4 is 23.2 Å². The second kappa shape index (κ2) is 9.05. The zero-order valence-corrected chi connectivity index (χ0v) is 19.7. The summed E-state index contributed by atoms with van der Waals surface area (Å²) in [5.41, 5.74) is 2.91. The fourth-order valence-electron chi connectivity index (χ4n) is 4.05. The number of amides is 1. The molecule has 1 amide bonds. The highest BCUT2D eigenvalue weighted by Crippen LogP contribution is 2.37. The molecule has 0 saturated carbocycles. The first-order valence-electron chi connectivity index (χ1n) is 10.9. The molecule has 0 atom stereocenters. The summed E-state index contributed by atoms with van der Waals surface area (Å²) < 4.78 is 15.4. The number of carbonyl (C=O) groups excluding carboxylic acids is 1. The lowest BCUT2D eigenvalue weighted by molar-refractivity contribution is -0.145. The maximum absolute atomic E-state index is 13.5. The second-order valence-electron chi connectivity index (χ2n) is 9.31. The molecule has 0 unspecified atom stereocenters. The van der Waals surface area contributed by atoms with Crippen LogP contribution in [0.25, 0.3) is 21.8 Å². The van der Waals surface area contributed by atoms with E-state index in [0.717, 1.165) is 21.8 Å². The number of hydrogen-bond donors (Lipinski definition) is 1. The molecule has 4 rings (SSSR count). The maximum atomic E-state index is 13.5. The zero-order valence-electron chi connectivity index (χ0n) is 18.9. The summed E-state index contributed by atoms with van der Waals surface area (Å²) in [6.45, 7) is 7.07. The summed E-state index contributed by atoms with van der Waals surface area (Å²) >= 11 is 1.44. The molecule has 1 aliphatic heterocycles. The van der Waals surface area contributed by atoms with Gasteiger partial charge in [-0.3, -0.25) is 14.3 Å². The largest absolute Gasteiger partial charge is 0.481 e. The third-order valence-corrected chi connectivity index (χ3v) is 6.76. The summed E-state index contributed by atoms with van der Waals surface area (Å²) in [4.78, 5) is 30.3. The van der Waals surface area contributed by atoms with Crippen LogP contribution in [0.4, 0.5) is 4.39 Å². The number of nitrogens with zero attached hydrogens (tertiary/aromatic N) is 4. The van der Waals surface area contributed by atoms with Gasteiger partial charge in [0.25, 0.3) is 0 Å². The minimum Gasteiger partial charge on any atom is -0.481 e. The first kappa shape index (κ1) is 23.1. The number of likely N-dealkylation sites (tertiary alicyclic amines) is 1. The Hall–Kier alpha value is -3.07. The summed E-state index contributed by atoms with van der Waals surface area (Å²) in [5, 5.41) is 16.4. The van der Waals surface area contributed by atoms with Gasteiger partial charge in [-0.1, -0.05) is 0 Å². The normalized spacial score (nSPS) is 15.1. The van der Waals surface area contributed by atoms with Gasteiger partial charge in [-0.2, -0.15) is 5.10 Å². The van der Waals surface area contributed by atoms with Crippen LogP contribution in [-0.4, -0.2) is 49.7 Å². The van der Waals surface area contributed by atoms with Crippen molar-refractivity contribution in [2.24, 2.45) is 5.92 Å². The van der Waals surface area contributed by atoms with E-state index < -0.39 is 5.97 Å². The topological polar surface area (TPSA) is 88.3 Å². The molecule has 0 bridgehead atoms. The molecule has 3 heterocycles. The Morgan fingerprint density at radius 3 is 2.45 bits per heavy atom. The van der Waals surface area contributed by atoms with Gasteiger partial charge in [-0.05, 0) is 57.9 Å². The Balaban J connectivity index is 1.56. The Morgan fingerprint density at radius 1 is 1.18 bits per heavy atom. The van der Waals surface area contributed by atoms with Gasteiger partial charge in [-0.15, -0.1) is 11.3 Å². The van der Waals surface area contributed by atoms with Crippen LogP contribution < -0.4 is 0 Å². The Morgan fingerprint density at radius 2 is 1.85 bits per heavy atom. The number of rotatable bonds is 5. The first-order valence-corrected chi connectivity index (χ1v) is 11.8. The SMILES string of the molecule is CC(C)(C)n1ncc(-c2nc(CC(=O)N3CCC(C(=O)O)CC3)cs2)c1-c1ccc(F)cc1. The van der Waals surface area contributed by atoms with E-state index in [2.05, 4.69) is 25.9 Å². The van der Waals surface area contributed by atoms with E-state index in [1.165, 1.54) is 23.5 Å². The van der Waals surface area contributed by atoms with E-state index in [0.29, 0.717) is 31.6 Å². The number of aromatic nitrogens is 3. The molecule has 1 fully saturated rings. The number of benzene rings is 1. The number of aliphatic carboxylic acids is 1. The molecule has 1 N–H and O–H groups in total. The van der Waals surface area contributed by atoms with Crippen LogP contribution in [0, 0.1) is 11.7 Å². The fourth-order valence-corrected chi connectivity index (χ4v) is 4.88. The van der Waals surface area contributed by atoms with E-state index in [4.69, 9.17) is 10.1 Å². The van der Waals surface area contributed by atoms with Gasteiger partial charge >= 0.3 is 5.97 Å². The third kappa shape index (κ3) is 4.98. The summed E-state index contributed by atoms with van der Waals surface area (Å²) in [5.74, 6) is -1.51. The van der Waals surface area contributed by atoms with Gasteiger partial charge in [0.05, 0.1) is 41.0 Å². The standard InChI is InChI=1S/C24H27FN4O3S/c1-24(2,3)29-21(15-4-6-17(25)7-5-15)19(13-26-29)22-27-18(14-33-22)12-20(30)28-10-8-16(9-11-28)23(31)32/h4-7,13-14,16H,8-12H2,1-3H3,(H,31,32). The average molecular weight is 471 g/mol. The number of carboxylic acid groups (broad SMARTS) is 1. The molecule has 9 heteroatoms. The minimum absolute atomic E-state index is 0.0418. The lowest BCUT2D eigenvalue weighted by Crippen LogP contribution is -2.41. The predicted octanol–water partition coefficient (Wildman–Crippen LogP) is 4.43. The highest BCUT2D eigenvalue weighted by molar-refractivity contribution is 7.13. The van der Waals surface area contributed by atoms with Crippen LogP contribution in [0.2, 0.25) is 0 Å². The van der Waals surface area contributed by atoms with Crippen LogP contribution in [-0.2, 0) is 21.5 Å². The molecular formula is C24H27FN4O3S. The Bertz CT molecular complexity index is 1160. The van der Waals surface area contributed by atoms with Gasteiger partial charge in [0.2, 0.25) is 5.91 Å². The van der Waals surface area contributed by atoms with Gasteiger partial charge in [0.1, 0.15) is 10.8 Å². The fraction of sp³-hybridized carbons (Fsp3) is 0.417. The van der Waals surface area contributed by atoms with E-state index in [9.17, 15) is 14.0 Å². The first-order chi connectivity index (χ1) is 15.6. The van der Waals surface area contributed by atoms with Gasteiger partial charge in [0.15, 0.2) is 0 Å². The quantitative estimate of drug-likeness (QED) is 0.596. The van der Waals surface area contributed by atoms with Gasteiger partial charge in [0, 0.05) is 24.0 Å². The van der Waals surface area contributed by atoms with Crippen LogP contribution in [0.1, 0.15) is 39.3 Å². The number of carbonyl (C=O) groups is 2. The van der Waals surface area contributed by atoms with Crippen molar-refractivity contribution < 1.29 is 19.1 Å². The molecule has 0 spiro atoms. The number of carboxylic acids is 1. The van der Waals surface area contributed by atoms with Crippen molar-refractivity contribution in [1.29, 1.82) is 0 Å². The minimum atomic E-state index is -0.793. The molecule has 0 aliphatic carbocycles. The predicted molar refractivity (Wildman–Crippen MR) is 124 cm³/mol. The molecular weight excluding hydrogens is 443 g/mol. The van der Waals surface area contributed by atoms with E-state index in [1.807, 2.05) is 10.1 Å². The van der Waals surface area contributed by atoms with Crippen molar-refractivity contribution in [3.63, 3.8) is 0 Å². The third-order valence-electron chi connectivity index (χ3n) is 5.83. The molecule has 1 aliphatic rings. The highest BCUT2D eigenvalue weighted by Gasteiger charge is 2.28. The average Bonchev–Trinajstić information content (AvgIpc) is 3.41. The van der Waals surface area contributed by atoms with E-state index in [-0.39, 0.29) is 29.6 Å². The highest BCUT2D eigenvalue weighted by atomic mass is 32.1. The molecule has 7 nitrogen and oxygen atoms in total. The molecule has 33 heavy (non-hydrogen) atoms. The van der Waals surface area contributed by atoms with Crippen molar-refractivity contribution in [1.82, 2.24) is 19.7 Å². The lowest BCUT2D eigenvalue weighted by Gasteiger charge is -2.30. The van der Waals surface area contributed by atoms with Crippen molar-refractivity contribution in [3.05, 3.63) is 47.4 Å². The molecule has 2 aromatic heterocycles. The number of piperidine rings is 1. The summed E-state index contributed by atoms with van der Waals surface area (Å²) in [7, 11) is 0. The van der Waals surface area contributed by atoms with Crippen molar-refractivity contribution in [2.45, 2.75) is 45.6 Å². The van der Waals surface area contributed by atoms with Crippen LogP contribution in [0.3, 0.4) is 0 Å². The lowest BCUT2D eigenvalue weighted by atomic mass is 9.97. The monoisotopic (exact) mass is 470 g/mol. The summed E-state index contributed by atoms with van der Waals surface area (Å²) in [6.07, 6.45) is 2.91. The van der Waals surface area contributed by atoms with E-state index in [1.54, 1.807) is 23.2 Å². The van der Waals surface area contributed by atoms with Gasteiger partial charge in [-0.25, -0.2) is 9.37 Å². The van der Waals surface area contributed by atoms with E-state index >= 15 is 0 Å². The summed E-state index contributed by atoms with van der Waals surface area (Å²) in [6, 6.07) is 6.32. The number of halogens is 1. The smallest absolute Gasteiger partial charge is 0.306 e. The molecule has 0 radical (unpaired) electrons. The van der Waals surface area contributed by atoms with Crippen LogP contribution >= 0.6 is 11.3 Å². The Kier molecular flexibility index (Phi) is 6.34. The molecule has 3 aromatic rings. The second-order valence-corrected chi connectivity index (χ2v) is 10.2. The molecule has 1 saturated heterocycles. The molecule has 1 aromatic carbocycles. The van der Waals surface area contributed by atoms with Crippen LogP contribution in [0.15, 0.2) is 35.8 Å². The molecule has 174 valence electrons. The van der Waals surface area contributed by atoms with Crippen LogP contribution in [0.5, 0.6) is 0 Å². The van der Waals surface area contributed by atoms with Gasteiger partial charge < -0.3 is 10.0 Å². The number of thiazole rings is 1.